The molecule has 4 N–H and O–H groups in total. The van der Waals surface area contributed by atoms with E-state index in [1.807, 2.05) is 6.92 Å². The molecule has 4 atom stereocenters. The molecule has 2 fully saturated rings. The van der Waals surface area contributed by atoms with Crippen molar-refractivity contribution in [2.45, 2.75) is 51.8 Å². The number of β-lactam (4-membered cyclic amide) rings is 1. The van der Waals surface area contributed by atoms with E-state index in [1.165, 1.54) is 76.8 Å². The summed E-state index contributed by atoms with van der Waals surface area (Å²) in [7, 11) is 4.84. The van der Waals surface area contributed by atoms with Crippen molar-refractivity contribution in [2.75, 3.05) is 71.4 Å². The van der Waals surface area contributed by atoms with E-state index in [9.17, 15) is 19.8 Å². The van der Waals surface area contributed by atoms with Crippen molar-refractivity contribution in [2.24, 2.45) is 11.8 Å². The lowest BCUT2D eigenvalue weighted by molar-refractivity contribution is -1.02. The van der Waals surface area contributed by atoms with Crippen LogP contribution in [-0.4, -0.2) is 109 Å². The average Bonchev–Trinajstić information content (AvgIpc) is 3.44. The molecular weight excluding hydrogens is 542 g/mol. The number of amides is 1. The predicted molar refractivity (Wildman–Crippen MR) is 164 cm³/mol. The number of carbonyl (C=O) groups excluding carboxylic acids is 2. The highest BCUT2D eigenvalue weighted by atomic mass is 16.4. The second kappa shape index (κ2) is 11.2. The third-order valence-electron chi connectivity index (χ3n) is 11.2. The number of rotatable bonds is 11. The Balaban J connectivity index is 1.19. The van der Waals surface area contributed by atoms with Crippen molar-refractivity contribution in [3.8, 4) is 0 Å². The minimum absolute atomic E-state index is 0.00110. The molecule has 4 aliphatic heterocycles. The molecule has 0 spiro atoms. The van der Waals surface area contributed by atoms with Crippen molar-refractivity contribution >= 4 is 28.3 Å². The van der Waals surface area contributed by atoms with E-state index in [2.05, 4.69) is 55.1 Å². The number of hydrogen-bond donors (Lipinski definition) is 2. The van der Waals surface area contributed by atoms with Gasteiger partial charge in [0.1, 0.15) is 26.2 Å². The molecule has 2 aromatic carbocycles. The summed E-state index contributed by atoms with van der Waals surface area (Å²) in [6.45, 7) is 13.0. The summed E-state index contributed by atoms with van der Waals surface area (Å²) < 4.78 is 2.30. The number of nitrogens with zero attached hydrogens (tertiary/aromatic N) is 4. The van der Waals surface area contributed by atoms with Crippen molar-refractivity contribution in [1.29, 1.82) is 0 Å². The first-order valence-electron chi connectivity index (χ1n) is 16.2. The van der Waals surface area contributed by atoms with E-state index >= 15 is 0 Å². The fraction of sp³-hybridized carbons (Fsp3) is 0.588. The first-order chi connectivity index (χ1) is 20.5. The molecule has 0 aliphatic carbocycles. The fourth-order valence-corrected chi connectivity index (χ4v) is 8.31. The van der Waals surface area contributed by atoms with Crippen LogP contribution in [-0.2, 0) is 22.6 Å². The minimum Gasteiger partial charge on any atom is -0.543 e. The van der Waals surface area contributed by atoms with Crippen molar-refractivity contribution in [3.63, 3.8) is 0 Å². The molecule has 43 heavy (non-hydrogen) atoms. The zero-order chi connectivity index (χ0) is 30.7. The van der Waals surface area contributed by atoms with E-state index in [4.69, 9.17) is 0 Å². The fourth-order valence-electron chi connectivity index (χ4n) is 8.31. The zero-order valence-electron chi connectivity index (χ0n) is 26.3. The van der Waals surface area contributed by atoms with E-state index < -0.39 is 18.0 Å². The highest BCUT2D eigenvalue weighted by Gasteiger charge is 2.58. The monoisotopic (exact) mass is 591 g/mol. The topological polar surface area (TPSA) is 112 Å². The van der Waals surface area contributed by atoms with Crippen molar-refractivity contribution in [1.82, 2.24) is 4.90 Å². The summed E-state index contributed by atoms with van der Waals surface area (Å²) in [6.07, 6.45) is 2.70. The highest BCUT2D eigenvalue weighted by molar-refractivity contribution is 6.02. The number of carboxylic acids is 1. The smallest absolute Gasteiger partial charge is 0.235 e. The number of aliphatic carboxylic acids is 1. The van der Waals surface area contributed by atoms with Gasteiger partial charge in [0.05, 0.1) is 63.5 Å². The van der Waals surface area contributed by atoms with Gasteiger partial charge < -0.3 is 39.5 Å². The first kappa shape index (κ1) is 30.1. The molecule has 4 heterocycles. The van der Waals surface area contributed by atoms with E-state index in [0.29, 0.717) is 18.7 Å². The van der Waals surface area contributed by atoms with E-state index in [0.717, 1.165) is 29.7 Å². The average molecular weight is 592 g/mol. The number of carbonyl (C=O) groups is 2. The van der Waals surface area contributed by atoms with Gasteiger partial charge in [-0.05, 0) is 35.1 Å². The van der Waals surface area contributed by atoms with Gasteiger partial charge in [0, 0.05) is 49.3 Å². The number of quaternary nitrogens is 3. The van der Waals surface area contributed by atoms with Gasteiger partial charge in [0.25, 0.3) is 0 Å². The number of hydrogen-bond acceptors (Lipinski definition) is 5. The molecule has 3 unspecified atom stereocenters. The van der Waals surface area contributed by atoms with Gasteiger partial charge >= 0.3 is 0 Å². The largest absolute Gasteiger partial charge is 0.543 e. The molecule has 0 radical (unpaired) electrons. The Morgan fingerprint density at radius 3 is 2.44 bits per heavy atom. The van der Waals surface area contributed by atoms with Crippen LogP contribution in [0.2, 0.25) is 0 Å². The van der Waals surface area contributed by atoms with E-state index in [1.54, 1.807) is 6.92 Å². The van der Waals surface area contributed by atoms with Gasteiger partial charge in [-0.3, -0.25) is 4.79 Å². The lowest BCUT2D eigenvalue weighted by Crippen LogP contribution is -2.64. The summed E-state index contributed by atoms with van der Waals surface area (Å²) in [4.78, 5) is 28.7. The van der Waals surface area contributed by atoms with Crippen LogP contribution in [0.1, 0.15) is 37.8 Å². The molecule has 0 aromatic heterocycles. The first-order valence-corrected chi connectivity index (χ1v) is 16.2. The second-order valence-electron chi connectivity index (χ2n) is 14.2. The van der Waals surface area contributed by atoms with Crippen LogP contribution in [0.25, 0.3) is 10.8 Å². The Morgan fingerprint density at radius 2 is 1.79 bits per heavy atom. The Hall–Kier alpha value is -2.98. The van der Waals surface area contributed by atoms with E-state index in [-0.39, 0.29) is 23.6 Å². The second-order valence-corrected chi connectivity index (χ2v) is 14.2. The van der Waals surface area contributed by atoms with Crippen molar-refractivity contribution in [3.05, 3.63) is 52.7 Å². The molecule has 0 bridgehead atoms. The van der Waals surface area contributed by atoms with Crippen molar-refractivity contribution < 1.29 is 34.5 Å². The van der Waals surface area contributed by atoms with Crippen LogP contribution in [0, 0.1) is 11.8 Å². The molecule has 0 saturated carbocycles. The number of carboxylic acid groups (broad SMARTS) is 1. The number of aliphatic hydroxyl groups is 1. The summed E-state index contributed by atoms with van der Waals surface area (Å²) in [5.41, 5.74) is 8.46. The van der Waals surface area contributed by atoms with Crippen LogP contribution in [0.5, 0.6) is 0 Å². The lowest BCUT2D eigenvalue weighted by atomic mass is 9.77. The number of likely N-dealkylation sites (N-methyl/N-ethyl adjacent to an activating group) is 2. The molecule has 4 aliphatic rings. The quantitative estimate of drug-likeness (QED) is 0.225. The van der Waals surface area contributed by atoms with Crippen LogP contribution in [0.15, 0.2) is 41.6 Å². The maximum atomic E-state index is 12.8. The molecule has 232 valence electrons. The molecule has 2 saturated heterocycles. The van der Waals surface area contributed by atoms with Crippen LogP contribution in [0.3, 0.4) is 0 Å². The van der Waals surface area contributed by atoms with Crippen LogP contribution >= 0.6 is 0 Å². The maximum absolute atomic E-state index is 12.8. The summed E-state index contributed by atoms with van der Waals surface area (Å²) in [5, 5.41) is 25.0. The number of benzene rings is 2. The van der Waals surface area contributed by atoms with Crippen LogP contribution in [0.4, 0.5) is 5.69 Å². The third-order valence-corrected chi connectivity index (χ3v) is 11.2. The van der Waals surface area contributed by atoms with Gasteiger partial charge in [-0.1, -0.05) is 31.2 Å². The molecule has 1 amide bonds. The Bertz CT molecular complexity index is 1460. The van der Waals surface area contributed by atoms with Gasteiger partial charge in [-0.2, -0.15) is 0 Å². The number of unbranched alkanes of at least 4 members (excludes halogenated alkanes) is 1. The summed E-state index contributed by atoms with van der Waals surface area (Å²) in [5.74, 6) is -2.37. The number of piperazine rings is 1. The number of fused-ring (bicyclic) bond motifs is 1. The van der Waals surface area contributed by atoms with Gasteiger partial charge in [-0.15, -0.1) is 0 Å². The highest BCUT2D eigenvalue weighted by Crippen LogP contribution is 2.48. The van der Waals surface area contributed by atoms with Gasteiger partial charge in [0.2, 0.25) is 5.91 Å². The zero-order valence-corrected chi connectivity index (χ0v) is 26.3. The Kier molecular flexibility index (Phi) is 7.82. The number of aliphatic hydroxyl groups excluding tert-OH is 1. The predicted octanol–water partition coefficient (Wildman–Crippen LogP) is 0.493. The molecule has 9 nitrogen and oxygen atoms in total. The maximum Gasteiger partial charge on any atom is 0.235 e. The standard InChI is InChI=1S/C34H48N5O4/c1-22-27(32(34(42)43)37-31(22)29(23(2)40)33(37)41)21-36-20-25-11-10-24(26-8-7-9-28(36)30(25)26)12-15-39(4)18-16-38(3,17-19-39)14-6-5-13-35/h7-11,22-23,29,31,40H,5-6,12-21,35H2,1-4H3/q+1/p+1/t22-,23?,29?,31?,38?,39?/m0/s1. The molecule has 2 aromatic rings. The minimum atomic E-state index is -1.31. The summed E-state index contributed by atoms with van der Waals surface area (Å²) in [6, 6.07) is 10.7. The molecular formula is C34H49N5O4+2. The Labute approximate surface area is 255 Å². The number of anilines is 1. The SMILES string of the molecule is CC(O)C1C(=O)N2C(C(=O)[O-])=C(CN3Cc4ccc(CC[N+]5(C)CC[N+](C)(CCCC[NH3+])CC5)c5cccc3c45)[C@H](C)C12. The lowest BCUT2D eigenvalue weighted by Gasteiger charge is -2.47. The van der Waals surface area contributed by atoms with Gasteiger partial charge in [-0.25, -0.2) is 0 Å². The third kappa shape index (κ3) is 5.14. The normalized spacial score (nSPS) is 30.7. The molecule has 6 rings (SSSR count). The molecule has 9 heteroatoms. The Morgan fingerprint density at radius 1 is 1.09 bits per heavy atom. The van der Waals surface area contributed by atoms with Gasteiger partial charge in [0.15, 0.2) is 0 Å². The van der Waals surface area contributed by atoms with Crippen LogP contribution < -0.4 is 15.7 Å². The summed E-state index contributed by atoms with van der Waals surface area (Å²) >= 11 is 0.